The number of carbonyl (C=O) groups is 2. The summed E-state index contributed by atoms with van der Waals surface area (Å²) in [6, 6.07) is 9.02. The van der Waals surface area contributed by atoms with Crippen LogP contribution in [0.5, 0.6) is 0 Å². The third-order valence-electron chi connectivity index (χ3n) is 3.96. The van der Waals surface area contributed by atoms with E-state index in [1.807, 2.05) is 25.1 Å². The highest BCUT2D eigenvalue weighted by Crippen LogP contribution is 2.08. The van der Waals surface area contributed by atoms with Crippen molar-refractivity contribution in [2.75, 3.05) is 21.2 Å². The monoisotopic (exact) mass is 408 g/mol. The Morgan fingerprint density at radius 1 is 1.13 bits per heavy atom. The first-order valence-electron chi connectivity index (χ1n) is 9.22. The van der Waals surface area contributed by atoms with Crippen molar-refractivity contribution >= 4 is 11.9 Å². The lowest BCUT2D eigenvalue weighted by Crippen LogP contribution is -2.48. The Kier molecular flexibility index (Phi) is 8.25. The lowest BCUT2D eigenvalue weighted by atomic mass is 10.1. The topological polar surface area (TPSA) is 92.0 Å². The maximum Gasteiger partial charge on any atom is 0.331 e. The van der Waals surface area contributed by atoms with Gasteiger partial charge in [0.25, 0.3) is 5.91 Å². The molecule has 0 saturated heterocycles. The second kappa shape index (κ2) is 10.9. The Morgan fingerprint density at radius 2 is 1.80 bits per heavy atom. The molecule has 7 heteroatoms. The molecule has 1 amide bonds. The number of furan rings is 1. The smallest absolute Gasteiger partial charge is 0.331 e. The summed E-state index contributed by atoms with van der Waals surface area (Å²) < 4.78 is 10.2. The van der Waals surface area contributed by atoms with Crippen LogP contribution in [0.25, 0.3) is 0 Å². The minimum absolute atomic E-state index is 0.324. The standard InChI is InChI=1S/C23H24N2O5/c1-16(26)21(23(28)29-4)24-22(27)18-11-9-17(10-12-18)7-5-6-8-19-13-14-20(30-19)15-25(2)3/h9-14,16,21,26H,15H2,1-4H3,(H,24,27)/t16-,21+/m1/s1. The lowest BCUT2D eigenvalue weighted by molar-refractivity contribution is -0.145. The molecule has 2 rings (SSSR count). The number of amides is 1. The van der Waals surface area contributed by atoms with E-state index in [0.717, 1.165) is 5.76 Å². The molecule has 0 saturated carbocycles. The van der Waals surface area contributed by atoms with E-state index in [9.17, 15) is 14.7 Å². The second-order valence-corrected chi connectivity index (χ2v) is 6.80. The summed E-state index contributed by atoms with van der Waals surface area (Å²) in [5, 5.41) is 12.1. The average Bonchev–Trinajstić information content (AvgIpc) is 3.15. The normalized spacial score (nSPS) is 12.1. The molecule has 0 radical (unpaired) electrons. The maximum atomic E-state index is 12.3. The minimum Gasteiger partial charge on any atom is -0.467 e. The van der Waals surface area contributed by atoms with E-state index in [0.29, 0.717) is 23.4 Å². The van der Waals surface area contributed by atoms with E-state index < -0.39 is 24.0 Å². The van der Waals surface area contributed by atoms with Crippen LogP contribution in [0.1, 0.15) is 34.4 Å². The minimum atomic E-state index is -1.14. The van der Waals surface area contributed by atoms with Gasteiger partial charge in [0.2, 0.25) is 0 Å². The molecule has 0 aliphatic rings. The van der Waals surface area contributed by atoms with Gasteiger partial charge in [0, 0.05) is 11.1 Å². The summed E-state index contributed by atoms with van der Waals surface area (Å²) >= 11 is 0. The van der Waals surface area contributed by atoms with Gasteiger partial charge in [-0.25, -0.2) is 4.79 Å². The van der Waals surface area contributed by atoms with Gasteiger partial charge < -0.3 is 24.5 Å². The molecule has 0 aliphatic heterocycles. The number of nitrogens with zero attached hydrogens (tertiary/aromatic N) is 1. The zero-order valence-corrected chi connectivity index (χ0v) is 17.4. The van der Waals surface area contributed by atoms with Crippen LogP contribution in [0.3, 0.4) is 0 Å². The van der Waals surface area contributed by atoms with E-state index in [1.165, 1.54) is 14.0 Å². The van der Waals surface area contributed by atoms with Crippen LogP contribution in [0, 0.1) is 23.7 Å². The molecular formula is C23H24N2O5. The van der Waals surface area contributed by atoms with E-state index in [-0.39, 0.29) is 0 Å². The second-order valence-electron chi connectivity index (χ2n) is 6.80. The summed E-state index contributed by atoms with van der Waals surface area (Å²) in [4.78, 5) is 25.9. The Balaban J connectivity index is 1.99. The van der Waals surface area contributed by atoms with Crippen molar-refractivity contribution in [3.63, 3.8) is 0 Å². The molecule has 0 unspecified atom stereocenters. The molecular weight excluding hydrogens is 384 g/mol. The summed E-state index contributed by atoms with van der Waals surface area (Å²) in [5.74, 6) is 11.4. The highest BCUT2D eigenvalue weighted by Gasteiger charge is 2.26. The fourth-order valence-corrected chi connectivity index (χ4v) is 2.47. The molecule has 30 heavy (non-hydrogen) atoms. The van der Waals surface area contributed by atoms with Gasteiger partial charge >= 0.3 is 5.97 Å². The van der Waals surface area contributed by atoms with Gasteiger partial charge in [-0.1, -0.05) is 5.92 Å². The van der Waals surface area contributed by atoms with Gasteiger partial charge in [-0.15, -0.1) is 0 Å². The largest absolute Gasteiger partial charge is 0.467 e. The number of esters is 1. The number of aliphatic hydroxyl groups excluding tert-OH is 1. The van der Waals surface area contributed by atoms with Crippen LogP contribution in [0.15, 0.2) is 40.8 Å². The summed E-state index contributed by atoms with van der Waals surface area (Å²) in [7, 11) is 5.10. The predicted molar refractivity (Wildman–Crippen MR) is 111 cm³/mol. The van der Waals surface area contributed by atoms with Crippen molar-refractivity contribution in [3.8, 4) is 23.7 Å². The number of carbonyl (C=O) groups excluding carboxylic acids is 2. The van der Waals surface area contributed by atoms with Crippen molar-refractivity contribution in [2.24, 2.45) is 0 Å². The highest BCUT2D eigenvalue weighted by molar-refractivity contribution is 5.97. The Hall–Kier alpha value is -3.52. The molecule has 1 heterocycles. The van der Waals surface area contributed by atoms with Gasteiger partial charge in [-0.3, -0.25) is 4.79 Å². The number of hydrogen-bond acceptors (Lipinski definition) is 6. The van der Waals surface area contributed by atoms with E-state index in [2.05, 4.69) is 33.7 Å². The zero-order valence-electron chi connectivity index (χ0n) is 17.4. The fraction of sp³-hybridized carbons (Fsp3) is 0.304. The van der Waals surface area contributed by atoms with Crippen LogP contribution in [-0.2, 0) is 16.1 Å². The van der Waals surface area contributed by atoms with Gasteiger partial charge in [0.1, 0.15) is 5.76 Å². The summed E-state index contributed by atoms with van der Waals surface area (Å²) in [6.07, 6.45) is -1.08. The van der Waals surface area contributed by atoms with Gasteiger partial charge in [0.05, 0.1) is 19.8 Å². The fourth-order valence-electron chi connectivity index (χ4n) is 2.47. The first-order valence-corrected chi connectivity index (χ1v) is 9.22. The molecule has 0 fully saturated rings. The molecule has 1 aromatic heterocycles. The van der Waals surface area contributed by atoms with Crippen molar-refractivity contribution in [1.29, 1.82) is 0 Å². The zero-order chi connectivity index (χ0) is 22.1. The van der Waals surface area contributed by atoms with Gasteiger partial charge in [-0.05, 0) is 75.2 Å². The van der Waals surface area contributed by atoms with Crippen molar-refractivity contribution in [3.05, 3.63) is 59.0 Å². The van der Waals surface area contributed by atoms with Crippen molar-refractivity contribution in [2.45, 2.75) is 25.6 Å². The van der Waals surface area contributed by atoms with Crippen LogP contribution < -0.4 is 5.32 Å². The predicted octanol–water partition coefficient (Wildman–Crippen LogP) is 1.40. The van der Waals surface area contributed by atoms with Crippen LogP contribution in [-0.4, -0.2) is 55.2 Å². The van der Waals surface area contributed by atoms with Crippen LogP contribution in [0.2, 0.25) is 0 Å². The maximum absolute atomic E-state index is 12.3. The number of hydrogen-bond donors (Lipinski definition) is 2. The number of benzene rings is 1. The number of aliphatic hydroxyl groups is 1. The molecule has 0 aliphatic carbocycles. The van der Waals surface area contributed by atoms with Crippen LogP contribution in [0.4, 0.5) is 0 Å². The SMILES string of the molecule is COC(=O)[C@@H](NC(=O)c1ccc(C#CC#Cc2ccc(CN(C)C)o2)cc1)[C@@H](C)O. The quantitative estimate of drug-likeness (QED) is 0.555. The van der Waals surface area contributed by atoms with Crippen LogP contribution >= 0.6 is 0 Å². The molecule has 0 bridgehead atoms. The van der Waals surface area contributed by atoms with Gasteiger partial charge in [0.15, 0.2) is 11.8 Å². The summed E-state index contributed by atoms with van der Waals surface area (Å²) in [6.45, 7) is 2.10. The van der Waals surface area contributed by atoms with E-state index in [4.69, 9.17) is 4.42 Å². The van der Waals surface area contributed by atoms with Gasteiger partial charge in [-0.2, -0.15) is 0 Å². The van der Waals surface area contributed by atoms with Crippen molar-refractivity contribution < 1.29 is 23.8 Å². The number of nitrogens with one attached hydrogen (secondary N) is 1. The van der Waals surface area contributed by atoms with E-state index >= 15 is 0 Å². The molecule has 0 spiro atoms. The first-order chi connectivity index (χ1) is 14.3. The molecule has 1 aromatic carbocycles. The molecule has 156 valence electrons. The highest BCUT2D eigenvalue weighted by atomic mass is 16.5. The molecule has 2 aromatic rings. The lowest BCUT2D eigenvalue weighted by Gasteiger charge is -2.18. The van der Waals surface area contributed by atoms with Crippen molar-refractivity contribution in [1.82, 2.24) is 10.2 Å². The molecule has 2 atom stereocenters. The first kappa shape index (κ1) is 22.8. The number of rotatable bonds is 6. The number of ether oxygens (including phenoxy) is 1. The third-order valence-corrected chi connectivity index (χ3v) is 3.96. The third kappa shape index (κ3) is 6.82. The molecule has 7 nitrogen and oxygen atoms in total. The Bertz CT molecular complexity index is 998. The average molecular weight is 408 g/mol. The summed E-state index contributed by atoms with van der Waals surface area (Å²) in [5.41, 5.74) is 0.999. The molecule has 2 N–H and O–H groups in total. The van der Waals surface area contributed by atoms with E-state index in [1.54, 1.807) is 30.3 Å². The Labute approximate surface area is 176 Å². The Morgan fingerprint density at radius 3 is 2.40 bits per heavy atom. The number of methoxy groups -OCH3 is 1.